The minimum Gasteiger partial charge on any atom is -0.481 e. The van der Waals surface area contributed by atoms with Crippen molar-refractivity contribution in [1.82, 2.24) is 20.6 Å². The molecule has 0 spiro atoms. The Balaban J connectivity index is 2.87. The van der Waals surface area contributed by atoms with Crippen molar-refractivity contribution in [1.29, 1.82) is 5.26 Å². The van der Waals surface area contributed by atoms with E-state index < -0.39 is 66.7 Å². The van der Waals surface area contributed by atoms with Gasteiger partial charge >= 0.3 is 11.9 Å². The first-order valence-electron chi connectivity index (χ1n) is 7.71. The van der Waals surface area contributed by atoms with Crippen LogP contribution in [0.4, 0.5) is 11.6 Å². The maximum Gasteiger partial charge on any atom is 0.305 e. The number of aliphatic imine (C=N–C) groups is 1. The van der Waals surface area contributed by atoms with E-state index in [0.717, 1.165) is 0 Å². The fourth-order valence-electron chi connectivity index (χ4n) is 2.00. The molecule has 0 aliphatic heterocycles. The van der Waals surface area contributed by atoms with Gasteiger partial charge < -0.3 is 38.0 Å². The zero-order valence-electron chi connectivity index (χ0n) is 14.7. The van der Waals surface area contributed by atoms with Crippen LogP contribution in [0.25, 0.3) is 0 Å². The SMILES string of the molecule is N#Cc1nc(N)c(C(=O)NCC(=O)NC(CC(=O)O)CC(=O)O)nc1N=C(N)N. The molecule has 10 N–H and O–H groups in total. The second-order valence-electron chi connectivity index (χ2n) is 5.42. The number of carbonyl (C=O) groups excluding carboxylic acids is 2. The number of anilines is 1. The Morgan fingerprint density at radius 1 is 1.14 bits per heavy atom. The fraction of sp³-hybridized carbons (Fsp3) is 0.286. The van der Waals surface area contributed by atoms with E-state index in [4.69, 9.17) is 32.7 Å². The number of amides is 2. The zero-order valence-corrected chi connectivity index (χ0v) is 14.7. The second kappa shape index (κ2) is 10.0. The number of carboxylic acids is 2. The first kappa shape index (κ1) is 22.6. The topological polar surface area (TPSA) is 273 Å². The Labute approximate surface area is 162 Å². The van der Waals surface area contributed by atoms with Gasteiger partial charge in [0.25, 0.3) is 5.91 Å². The van der Waals surface area contributed by atoms with Gasteiger partial charge in [0.2, 0.25) is 5.91 Å². The van der Waals surface area contributed by atoms with Crippen molar-refractivity contribution in [3.8, 4) is 6.07 Å². The van der Waals surface area contributed by atoms with Gasteiger partial charge in [-0.3, -0.25) is 19.2 Å². The summed E-state index contributed by atoms with van der Waals surface area (Å²) in [6, 6.07) is 0.469. The Bertz CT molecular complexity index is 888. The van der Waals surface area contributed by atoms with E-state index in [1.807, 2.05) is 0 Å². The molecule has 154 valence electrons. The molecule has 15 nitrogen and oxygen atoms in total. The van der Waals surface area contributed by atoms with Crippen molar-refractivity contribution < 1.29 is 29.4 Å². The number of carboxylic acid groups (broad SMARTS) is 2. The molecule has 0 fully saturated rings. The number of hydrogen-bond acceptors (Lipinski definition) is 9. The van der Waals surface area contributed by atoms with Crippen LogP contribution in [0.15, 0.2) is 4.99 Å². The Hall–Kier alpha value is -4.48. The lowest BCUT2D eigenvalue weighted by Gasteiger charge is -2.15. The first-order valence-corrected chi connectivity index (χ1v) is 7.71. The molecular formula is C14H17N9O6. The van der Waals surface area contributed by atoms with Crippen LogP contribution in [0, 0.1) is 11.3 Å². The lowest BCUT2D eigenvalue weighted by atomic mass is 10.1. The Morgan fingerprint density at radius 3 is 2.21 bits per heavy atom. The Morgan fingerprint density at radius 2 is 1.72 bits per heavy atom. The zero-order chi connectivity index (χ0) is 22.1. The quantitative estimate of drug-likeness (QED) is 0.159. The number of nitrogens with one attached hydrogen (secondary N) is 2. The van der Waals surface area contributed by atoms with E-state index in [9.17, 15) is 19.2 Å². The van der Waals surface area contributed by atoms with E-state index in [-0.39, 0.29) is 11.5 Å². The third kappa shape index (κ3) is 7.34. The van der Waals surface area contributed by atoms with Gasteiger partial charge in [0, 0.05) is 6.04 Å². The summed E-state index contributed by atoms with van der Waals surface area (Å²) in [5.74, 6) is -5.68. The summed E-state index contributed by atoms with van der Waals surface area (Å²) in [7, 11) is 0. The minimum atomic E-state index is -1.31. The number of hydrogen-bond donors (Lipinski definition) is 7. The van der Waals surface area contributed by atoms with Crippen LogP contribution in [-0.4, -0.2) is 62.5 Å². The molecule has 1 aromatic rings. The van der Waals surface area contributed by atoms with Crippen LogP contribution >= 0.6 is 0 Å². The molecule has 1 aromatic heterocycles. The average Bonchev–Trinajstić information content (AvgIpc) is 2.59. The molecule has 0 aromatic carbocycles. The van der Waals surface area contributed by atoms with Gasteiger partial charge in [-0.05, 0) is 0 Å². The summed E-state index contributed by atoms with van der Waals surface area (Å²) in [6.07, 6.45) is -1.25. The standard InChI is InChI=1S/C14H17N9O6/c15-3-6-12(23-14(17)18)22-10(11(16)21-6)13(29)19-4-7(24)20-5(1-8(25)26)2-9(27)28/h5H,1-2,4H2,(H2,16,21)(H,19,29)(H,20,24)(H,25,26)(H,27,28)(H4,17,18,22,23). The van der Waals surface area contributed by atoms with E-state index >= 15 is 0 Å². The summed E-state index contributed by atoms with van der Waals surface area (Å²) >= 11 is 0. The molecule has 15 heteroatoms. The number of nitrogens with zero attached hydrogens (tertiary/aromatic N) is 4. The number of nitrogen functional groups attached to an aromatic ring is 1. The summed E-state index contributed by atoms with van der Waals surface area (Å²) < 4.78 is 0. The number of aromatic nitrogens is 2. The molecule has 0 bridgehead atoms. The number of carbonyl (C=O) groups is 4. The normalized spacial score (nSPS) is 9.93. The largest absolute Gasteiger partial charge is 0.481 e. The van der Waals surface area contributed by atoms with Crippen molar-refractivity contribution in [3.05, 3.63) is 11.4 Å². The van der Waals surface area contributed by atoms with Gasteiger partial charge in [0.05, 0.1) is 19.4 Å². The molecule has 0 aliphatic carbocycles. The third-order valence-corrected chi connectivity index (χ3v) is 3.08. The van der Waals surface area contributed by atoms with Crippen molar-refractivity contribution in [3.63, 3.8) is 0 Å². The average molecular weight is 407 g/mol. The van der Waals surface area contributed by atoms with Crippen molar-refractivity contribution in [2.45, 2.75) is 18.9 Å². The predicted octanol–water partition coefficient (Wildman–Crippen LogP) is -3.00. The number of nitriles is 1. The highest BCUT2D eigenvalue weighted by atomic mass is 16.4. The molecule has 29 heavy (non-hydrogen) atoms. The van der Waals surface area contributed by atoms with Gasteiger partial charge in [0.15, 0.2) is 29.0 Å². The molecule has 1 heterocycles. The van der Waals surface area contributed by atoms with E-state index in [2.05, 4.69) is 25.6 Å². The van der Waals surface area contributed by atoms with E-state index in [1.54, 1.807) is 6.07 Å². The van der Waals surface area contributed by atoms with Crippen molar-refractivity contribution in [2.24, 2.45) is 16.5 Å². The van der Waals surface area contributed by atoms with Gasteiger partial charge in [-0.1, -0.05) is 0 Å². The maximum atomic E-state index is 12.2. The fourth-order valence-corrected chi connectivity index (χ4v) is 2.00. The highest BCUT2D eigenvalue weighted by Crippen LogP contribution is 2.17. The number of nitrogens with two attached hydrogens (primary N) is 3. The molecular weight excluding hydrogens is 390 g/mol. The van der Waals surface area contributed by atoms with Crippen LogP contribution in [0.1, 0.15) is 29.0 Å². The molecule has 0 atom stereocenters. The summed E-state index contributed by atoms with van der Waals surface area (Å²) in [5.41, 5.74) is 15.2. The molecule has 2 amide bonds. The summed E-state index contributed by atoms with van der Waals surface area (Å²) in [6.45, 7) is -0.646. The van der Waals surface area contributed by atoms with Gasteiger partial charge in [0.1, 0.15) is 6.07 Å². The monoisotopic (exact) mass is 407 g/mol. The van der Waals surface area contributed by atoms with Crippen LogP contribution < -0.4 is 27.8 Å². The lowest BCUT2D eigenvalue weighted by Crippen LogP contribution is -2.44. The van der Waals surface area contributed by atoms with Gasteiger partial charge in [-0.25, -0.2) is 9.97 Å². The smallest absolute Gasteiger partial charge is 0.305 e. The number of guanidine groups is 1. The van der Waals surface area contributed by atoms with E-state index in [1.165, 1.54) is 0 Å². The Kier molecular flexibility index (Phi) is 7.79. The van der Waals surface area contributed by atoms with Crippen LogP contribution in [0.3, 0.4) is 0 Å². The first-order chi connectivity index (χ1) is 13.5. The number of aliphatic carboxylic acids is 2. The summed E-state index contributed by atoms with van der Waals surface area (Å²) in [4.78, 5) is 56.5. The maximum absolute atomic E-state index is 12.2. The molecule has 0 aliphatic rings. The molecule has 0 unspecified atom stereocenters. The lowest BCUT2D eigenvalue weighted by molar-refractivity contribution is -0.139. The van der Waals surface area contributed by atoms with Crippen molar-refractivity contribution >= 4 is 41.3 Å². The minimum absolute atomic E-state index is 0.338. The second-order valence-corrected chi connectivity index (χ2v) is 5.42. The number of rotatable bonds is 9. The van der Waals surface area contributed by atoms with E-state index in [0.29, 0.717) is 0 Å². The highest BCUT2D eigenvalue weighted by Gasteiger charge is 2.21. The molecule has 0 saturated heterocycles. The summed E-state index contributed by atoms with van der Waals surface area (Å²) in [5, 5.41) is 30.8. The molecule has 0 radical (unpaired) electrons. The predicted molar refractivity (Wildman–Crippen MR) is 95.4 cm³/mol. The van der Waals surface area contributed by atoms with Gasteiger partial charge in [-0.2, -0.15) is 10.3 Å². The molecule has 1 rings (SSSR count). The van der Waals surface area contributed by atoms with Crippen LogP contribution in [0.2, 0.25) is 0 Å². The third-order valence-electron chi connectivity index (χ3n) is 3.08. The molecule has 0 saturated carbocycles. The van der Waals surface area contributed by atoms with Crippen molar-refractivity contribution in [2.75, 3.05) is 12.3 Å². The highest BCUT2D eigenvalue weighted by molar-refractivity contribution is 5.98. The van der Waals surface area contributed by atoms with Crippen LogP contribution in [0.5, 0.6) is 0 Å². The van der Waals surface area contributed by atoms with Gasteiger partial charge in [-0.15, -0.1) is 0 Å². The van der Waals surface area contributed by atoms with Crippen LogP contribution in [-0.2, 0) is 14.4 Å².